The van der Waals surface area contributed by atoms with Crippen molar-refractivity contribution in [2.75, 3.05) is 29.9 Å². The number of anilines is 2. The number of carbonyl (C=O) groups excluding carboxylic acids is 3. The smallest absolute Gasteiger partial charge is 0.325 e. The minimum absolute atomic E-state index is 0.0147. The predicted octanol–water partition coefficient (Wildman–Crippen LogP) is 3.99. The maximum atomic E-state index is 13.2. The number of amides is 4. The predicted molar refractivity (Wildman–Crippen MR) is 129 cm³/mol. The van der Waals surface area contributed by atoms with E-state index in [-0.39, 0.29) is 12.0 Å². The largest absolute Gasteiger partial charge is 0.372 e. The molecule has 0 saturated carbocycles. The van der Waals surface area contributed by atoms with E-state index in [1.807, 2.05) is 48.5 Å². The number of urea groups is 1. The normalized spacial score (nSPS) is 20.8. The van der Waals surface area contributed by atoms with Gasteiger partial charge in [-0.2, -0.15) is 0 Å². The van der Waals surface area contributed by atoms with Gasteiger partial charge < -0.3 is 15.5 Å². The summed E-state index contributed by atoms with van der Waals surface area (Å²) in [4.78, 5) is 41.6. The Morgan fingerprint density at radius 2 is 1.61 bits per heavy atom. The van der Waals surface area contributed by atoms with Crippen LogP contribution in [0.2, 0.25) is 0 Å². The van der Waals surface area contributed by atoms with Gasteiger partial charge in [-0.25, -0.2) is 4.79 Å². The molecule has 33 heavy (non-hydrogen) atoms. The third-order valence-electron chi connectivity index (χ3n) is 6.53. The third kappa shape index (κ3) is 4.58. The lowest BCUT2D eigenvalue weighted by Crippen LogP contribution is -2.42. The lowest BCUT2D eigenvalue weighted by atomic mass is 9.84. The van der Waals surface area contributed by atoms with Gasteiger partial charge in [-0.3, -0.25) is 14.5 Å². The summed E-state index contributed by atoms with van der Waals surface area (Å²) in [7, 11) is 0. The lowest BCUT2D eigenvalue weighted by Gasteiger charge is -2.24. The molecule has 2 saturated heterocycles. The van der Waals surface area contributed by atoms with Gasteiger partial charge in [-0.1, -0.05) is 45.0 Å². The highest BCUT2D eigenvalue weighted by atomic mass is 16.2. The zero-order valence-corrected chi connectivity index (χ0v) is 19.8. The van der Waals surface area contributed by atoms with Gasteiger partial charge in [-0.05, 0) is 60.6 Å². The molecule has 1 atom stereocenters. The van der Waals surface area contributed by atoms with Crippen LogP contribution in [-0.2, 0) is 20.5 Å². The highest BCUT2D eigenvalue weighted by molar-refractivity contribution is 6.10. The second kappa shape index (κ2) is 8.54. The Labute approximate surface area is 195 Å². The van der Waals surface area contributed by atoms with Crippen LogP contribution >= 0.6 is 0 Å². The van der Waals surface area contributed by atoms with Crippen molar-refractivity contribution in [3.8, 4) is 0 Å². The topological polar surface area (TPSA) is 81.8 Å². The number of hydrogen-bond acceptors (Lipinski definition) is 4. The molecule has 2 aromatic rings. The molecule has 0 aromatic heterocycles. The maximum absolute atomic E-state index is 13.2. The lowest BCUT2D eigenvalue weighted by molar-refractivity contribution is -0.133. The molecule has 7 heteroatoms. The number of benzene rings is 2. The van der Waals surface area contributed by atoms with Crippen molar-refractivity contribution in [2.45, 2.75) is 51.5 Å². The van der Waals surface area contributed by atoms with E-state index >= 15 is 0 Å². The van der Waals surface area contributed by atoms with Crippen LogP contribution in [0, 0.1) is 0 Å². The van der Waals surface area contributed by atoms with Gasteiger partial charge in [-0.15, -0.1) is 0 Å². The standard InChI is InChI=1S/C26H32N4O3/c1-25(2,3)18-7-9-19(10-8-18)26(4)23(32)30(24(33)28-26)17-22(31)27-20-11-13-21(14-12-20)29-15-5-6-16-29/h7-14H,5-6,15-17H2,1-4H3,(H,27,31)(H,28,33). The first-order valence-electron chi connectivity index (χ1n) is 11.5. The third-order valence-corrected chi connectivity index (χ3v) is 6.53. The number of rotatable bonds is 5. The zero-order valence-electron chi connectivity index (χ0n) is 19.8. The molecular weight excluding hydrogens is 416 g/mol. The van der Waals surface area contributed by atoms with E-state index in [1.165, 1.54) is 12.8 Å². The first-order valence-corrected chi connectivity index (χ1v) is 11.5. The second-order valence-electron chi connectivity index (χ2n) is 10.1. The second-order valence-corrected chi connectivity index (χ2v) is 10.1. The molecule has 2 aliphatic heterocycles. The Kier molecular flexibility index (Phi) is 5.91. The Balaban J connectivity index is 1.41. The molecule has 0 spiro atoms. The highest BCUT2D eigenvalue weighted by Crippen LogP contribution is 2.31. The van der Waals surface area contributed by atoms with E-state index in [2.05, 4.69) is 36.3 Å². The van der Waals surface area contributed by atoms with E-state index in [0.29, 0.717) is 11.3 Å². The van der Waals surface area contributed by atoms with Crippen LogP contribution in [0.15, 0.2) is 48.5 Å². The SMILES string of the molecule is CC(C)(C)c1ccc(C2(C)NC(=O)N(CC(=O)Nc3ccc(N4CCCC4)cc3)C2=O)cc1. The average Bonchev–Trinajstić information content (AvgIpc) is 3.38. The van der Waals surface area contributed by atoms with Crippen molar-refractivity contribution in [1.29, 1.82) is 0 Å². The Bertz CT molecular complexity index is 1050. The number of nitrogens with one attached hydrogen (secondary N) is 2. The number of carbonyl (C=O) groups is 3. The molecule has 2 heterocycles. The number of hydrogen-bond donors (Lipinski definition) is 2. The fraction of sp³-hybridized carbons (Fsp3) is 0.423. The summed E-state index contributed by atoms with van der Waals surface area (Å²) in [6, 6.07) is 14.8. The minimum Gasteiger partial charge on any atom is -0.372 e. The van der Waals surface area contributed by atoms with Crippen molar-refractivity contribution in [3.63, 3.8) is 0 Å². The van der Waals surface area contributed by atoms with Gasteiger partial charge in [0.15, 0.2) is 0 Å². The number of nitrogens with zero attached hydrogens (tertiary/aromatic N) is 2. The van der Waals surface area contributed by atoms with Crippen molar-refractivity contribution in [2.24, 2.45) is 0 Å². The van der Waals surface area contributed by atoms with Crippen LogP contribution in [0.1, 0.15) is 51.7 Å². The van der Waals surface area contributed by atoms with Gasteiger partial charge >= 0.3 is 6.03 Å². The fourth-order valence-electron chi connectivity index (χ4n) is 4.41. The fourth-order valence-corrected chi connectivity index (χ4v) is 4.41. The molecule has 0 radical (unpaired) electrons. The number of imide groups is 1. The Morgan fingerprint density at radius 3 is 2.18 bits per heavy atom. The molecular formula is C26H32N4O3. The van der Waals surface area contributed by atoms with Gasteiger partial charge in [0.05, 0.1) is 0 Å². The van der Waals surface area contributed by atoms with Crippen LogP contribution in [0.5, 0.6) is 0 Å². The van der Waals surface area contributed by atoms with Gasteiger partial charge in [0.25, 0.3) is 5.91 Å². The van der Waals surface area contributed by atoms with Crippen molar-refractivity contribution >= 4 is 29.2 Å². The van der Waals surface area contributed by atoms with E-state index < -0.39 is 23.4 Å². The molecule has 2 aliphatic rings. The van der Waals surface area contributed by atoms with Crippen LogP contribution in [0.3, 0.4) is 0 Å². The van der Waals surface area contributed by atoms with Gasteiger partial charge in [0.1, 0.15) is 12.1 Å². The van der Waals surface area contributed by atoms with Crippen LogP contribution < -0.4 is 15.5 Å². The molecule has 4 amide bonds. The summed E-state index contributed by atoms with van der Waals surface area (Å²) in [6.07, 6.45) is 2.40. The minimum atomic E-state index is -1.20. The van der Waals surface area contributed by atoms with Gasteiger partial charge in [0.2, 0.25) is 5.91 Å². The summed E-state index contributed by atoms with van der Waals surface area (Å²) >= 11 is 0. The quantitative estimate of drug-likeness (QED) is 0.678. The Morgan fingerprint density at radius 1 is 1.00 bits per heavy atom. The molecule has 4 rings (SSSR count). The summed E-state index contributed by atoms with van der Waals surface area (Å²) in [5.74, 6) is -0.852. The van der Waals surface area contributed by atoms with Crippen LogP contribution in [0.25, 0.3) is 0 Å². The molecule has 0 aliphatic carbocycles. The first kappa shape index (κ1) is 22.8. The first-order chi connectivity index (χ1) is 15.6. The summed E-state index contributed by atoms with van der Waals surface area (Å²) < 4.78 is 0. The summed E-state index contributed by atoms with van der Waals surface area (Å²) in [5.41, 5.74) is 2.38. The molecule has 2 fully saturated rings. The van der Waals surface area contributed by atoms with Crippen LogP contribution in [-0.4, -0.2) is 42.4 Å². The van der Waals surface area contributed by atoms with E-state index in [0.717, 1.165) is 29.2 Å². The van der Waals surface area contributed by atoms with Gasteiger partial charge in [0, 0.05) is 24.5 Å². The van der Waals surface area contributed by atoms with Crippen LogP contribution in [0.4, 0.5) is 16.2 Å². The van der Waals surface area contributed by atoms with Crippen molar-refractivity contribution in [1.82, 2.24) is 10.2 Å². The molecule has 0 bridgehead atoms. The molecule has 2 N–H and O–H groups in total. The summed E-state index contributed by atoms with van der Waals surface area (Å²) in [6.45, 7) is 9.79. The van der Waals surface area contributed by atoms with E-state index in [9.17, 15) is 14.4 Å². The Hall–Kier alpha value is -3.35. The highest BCUT2D eigenvalue weighted by Gasteiger charge is 2.49. The zero-order chi connectivity index (χ0) is 23.8. The molecule has 7 nitrogen and oxygen atoms in total. The van der Waals surface area contributed by atoms with E-state index in [1.54, 1.807) is 6.92 Å². The average molecular weight is 449 g/mol. The van der Waals surface area contributed by atoms with Crippen molar-refractivity contribution < 1.29 is 14.4 Å². The van der Waals surface area contributed by atoms with Crippen molar-refractivity contribution in [3.05, 3.63) is 59.7 Å². The monoisotopic (exact) mass is 448 g/mol. The summed E-state index contributed by atoms with van der Waals surface area (Å²) in [5, 5.41) is 5.55. The molecule has 1 unspecified atom stereocenters. The molecule has 174 valence electrons. The molecule has 2 aromatic carbocycles. The van der Waals surface area contributed by atoms with E-state index in [4.69, 9.17) is 0 Å². The maximum Gasteiger partial charge on any atom is 0.325 e.